The molecule has 4 heteroatoms. The topological polar surface area (TPSA) is 24.5 Å². The van der Waals surface area contributed by atoms with E-state index < -0.39 is 0 Å². The Morgan fingerprint density at radius 2 is 2.00 bits per heavy atom. The molecule has 3 nitrogen and oxygen atoms in total. The van der Waals surface area contributed by atoms with E-state index >= 15 is 0 Å². The van der Waals surface area contributed by atoms with Gasteiger partial charge >= 0.3 is 0 Å². The molecule has 1 aliphatic rings. The number of hydrogen-bond acceptors (Lipinski definition) is 3. The molecule has 0 amide bonds. The van der Waals surface area contributed by atoms with E-state index in [1.807, 2.05) is 0 Å². The summed E-state index contributed by atoms with van der Waals surface area (Å²) in [6.07, 6.45) is 0. The average molecular weight is 284 g/mol. The van der Waals surface area contributed by atoms with E-state index in [0.717, 1.165) is 32.8 Å². The van der Waals surface area contributed by atoms with Gasteiger partial charge in [0.1, 0.15) is 0 Å². The minimum Gasteiger partial charge on any atom is -0.379 e. The molecule has 0 aromatic heterocycles. The van der Waals surface area contributed by atoms with Crippen molar-refractivity contribution in [1.82, 2.24) is 8.43 Å². The molecule has 0 aromatic rings. The fourth-order valence-electron chi connectivity index (χ4n) is 1.44. The average Bonchev–Trinajstić information content (AvgIpc) is 2.06. The summed E-state index contributed by atoms with van der Waals surface area (Å²) in [5.74, 6) is 0. The molecule has 1 N–H and O–H groups in total. The zero-order valence-electron chi connectivity index (χ0n) is 7.77. The second kappa shape index (κ2) is 4.74. The lowest BCUT2D eigenvalue weighted by Gasteiger charge is -2.40. The lowest BCUT2D eigenvalue weighted by Crippen LogP contribution is -2.53. The first-order valence-corrected chi connectivity index (χ1v) is 5.41. The Balaban J connectivity index is 2.41. The van der Waals surface area contributed by atoms with Gasteiger partial charge in [-0.25, -0.2) is 0 Å². The Morgan fingerprint density at radius 1 is 1.42 bits per heavy atom. The van der Waals surface area contributed by atoms with Gasteiger partial charge in [0.15, 0.2) is 0 Å². The van der Waals surface area contributed by atoms with E-state index in [-0.39, 0.29) is 5.54 Å². The van der Waals surface area contributed by atoms with Gasteiger partial charge in [0.25, 0.3) is 0 Å². The maximum atomic E-state index is 5.31. The van der Waals surface area contributed by atoms with Crippen LogP contribution in [0.3, 0.4) is 0 Å². The second-order valence-corrected chi connectivity index (χ2v) is 4.49. The normalized spacial score (nSPS) is 21.2. The van der Waals surface area contributed by atoms with Crippen LogP contribution in [0.5, 0.6) is 0 Å². The number of morpholine rings is 1. The van der Waals surface area contributed by atoms with Gasteiger partial charge in [-0.1, -0.05) is 0 Å². The first-order valence-electron chi connectivity index (χ1n) is 4.33. The Morgan fingerprint density at radius 3 is 2.50 bits per heavy atom. The molecule has 0 bridgehead atoms. The Labute approximate surface area is 88.3 Å². The fraction of sp³-hybridized carbons (Fsp3) is 1.00. The third-order valence-electron chi connectivity index (χ3n) is 2.37. The van der Waals surface area contributed by atoms with Gasteiger partial charge in [-0.2, -0.15) is 0 Å². The van der Waals surface area contributed by atoms with E-state index in [2.05, 4.69) is 45.1 Å². The van der Waals surface area contributed by atoms with Gasteiger partial charge in [0.2, 0.25) is 0 Å². The van der Waals surface area contributed by atoms with Crippen molar-refractivity contribution in [2.75, 3.05) is 32.8 Å². The predicted octanol–water partition coefficient (Wildman–Crippen LogP) is 1.04. The molecule has 0 radical (unpaired) electrons. The molecule has 1 fully saturated rings. The quantitative estimate of drug-likeness (QED) is 0.619. The zero-order chi connectivity index (χ0) is 9.03. The van der Waals surface area contributed by atoms with Crippen LogP contribution in [-0.4, -0.2) is 43.3 Å². The summed E-state index contributed by atoms with van der Waals surface area (Å²) in [6.45, 7) is 9.44. The molecular weight excluding hydrogens is 267 g/mol. The van der Waals surface area contributed by atoms with E-state index in [9.17, 15) is 0 Å². The summed E-state index contributed by atoms with van der Waals surface area (Å²) in [5.41, 5.74) is 0.255. The highest BCUT2D eigenvalue weighted by atomic mass is 127. The van der Waals surface area contributed by atoms with Crippen LogP contribution in [0.15, 0.2) is 0 Å². The molecule has 0 atom stereocenters. The first kappa shape index (κ1) is 10.7. The molecule has 1 aliphatic heterocycles. The summed E-state index contributed by atoms with van der Waals surface area (Å²) in [6, 6.07) is 0. The van der Waals surface area contributed by atoms with Gasteiger partial charge in [0.05, 0.1) is 13.2 Å². The van der Waals surface area contributed by atoms with Gasteiger partial charge in [-0.15, -0.1) is 0 Å². The highest BCUT2D eigenvalue weighted by Gasteiger charge is 2.27. The van der Waals surface area contributed by atoms with Crippen LogP contribution < -0.4 is 3.53 Å². The third-order valence-corrected chi connectivity index (χ3v) is 2.75. The molecule has 12 heavy (non-hydrogen) atoms. The molecule has 1 saturated heterocycles. The number of rotatable bonds is 3. The van der Waals surface area contributed by atoms with Crippen molar-refractivity contribution in [2.45, 2.75) is 19.4 Å². The van der Waals surface area contributed by atoms with Crippen LogP contribution in [0.25, 0.3) is 0 Å². The molecule has 1 heterocycles. The second-order valence-electron chi connectivity index (χ2n) is 3.72. The first-order chi connectivity index (χ1) is 5.67. The zero-order valence-corrected chi connectivity index (χ0v) is 9.93. The van der Waals surface area contributed by atoms with Crippen LogP contribution >= 0.6 is 22.9 Å². The largest absolute Gasteiger partial charge is 0.379 e. The van der Waals surface area contributed by atoms with Gasteiger partial charge in [-0.3, -0.25) is 8.43 Å². The monoisotopic (exact) mass is 284 g/mol. The summed E-state index contributed by atoms with van der Waals surface area (Å²) < 4.78 is 8.50. The van der Waals surface area contributed by atoms with Crippen molar-refractivity contribution in [1.29, 1.82) is 0 Å². The van der Waals surface area contributed by atoms with Crippen LogP contribution in [0, 0.1) is 0 Å². The fourth-order valence-corrected chi connectivity index (χ4v) is 2.38. The van der Waals surface area contributed by atoms with E-state index in [1.54, 1.807) is 0 Å². The van der Waals surface area contributed by atoms with Gasteiger partial charge < -0.3 is 4.74 Å². The van der Waals surface area contributed by atoms with Crippen molar-refractivity contribution in [3.05, 3.63) is 0 Å². The maximum absolute atomic E-state index is 5.31. The summed E-state index contributed by atoms with van der Waals surface area (Å²) in [4.78, 5) is 2.47. The molecule has 0 aliphatic carbocycles. The van der Waals surface area contributed by atoms with Gasteiger partial charge in [0, 0.05) is 48.0 Å². The lowest BCUT2D eigenvalue weighted by atomic mass is 10.0. The van der Waals surface area contributed by atoms with E-state index in [4.69, 9.17) is 4.74 Å². The van der Waals surface area contributed by atoms with Crippen molar-refractivity contribution in [3.8, 4) is 0 Å². The minimum atomic E-state index is 0.255. The Hall–Kier alpha value is 0.610. The number of halogens is 1. The molecule has 1 rings (SSSR count). The summed E-state index contributed by atoms with van der Waals surface area (Å²) >= 11 is 2.20. The number of hydrogen-bond donors (Lipinski definition) is 1. The van der Waals surface area contributed by atoms with E-state index in [1.165, 1.54) is 0 Å². The highest BCUT2D eigenvalue weighted by Crippen LogP contribution is 2.15. The lowest BCUT2D eigenvalue weighted by molar-refractivity contribution is -0.00757. The predicted molar refractivity (Wildman–Crippen MR) is 58.5 cm³/mol. The van der Waals surface area contributed by atoms with Crippen molar-refractivity contribution in [3.63, 3.8) is 0 Å². The minimum absolute atomic E-state index is 0.255. The van der Waals surface area contributed by atoms with Crippen LogP contribution in [0.1, 0.15) is 13.8 Å². The van der Waals surface area contributed by atoms with E-state index in [0.29, 0.717) is 0 Å². The van der Waals surface area contributed by atoms with Crippen LogP contribution in [-0.2, 0) is 4.74 Å². The molecular formula is C8H17IN2O. The number of ether oxygens (including phenoxy) is 1. The molecule has 0 aromatic carbocycles. The summed E-state index contributed by atoms with van der Waals surface area (Å²) in [5, 5.41) is 0. The Bertz CT molecular complexity index is 135. The summed E-state index contributed by atoms with van der Waals surface area (Å²) in [7, 11) is 0. The number of nitrogens with one attached hydrogen (secondary N) is 1. The van der Waals surface area contributed by atoms with Crippen molar-refractivity contribution < 1.29 is 4.74 Å². The molecule has 0 saturated carbocycles. The SMILES string of the molecule is CC(C)(CNI)N1CCOCC1. The van der Waals surface area contributed by atoms with Crippen LogP contribution in [0.2, 0.25) is 0 Å². The molecule has 0 unspecified atom stereocenters. The molecule has 72 valence electrons. The Kier molecular flexibility index (Phi) is 4.22. The van der Waals surface area contributed by atoms with Crippen molar-refractivity contribution in [2.24, 2.45) is 0 Å². The molecule has 0 spiro atoms. The van der Waals surface area contributed by atoms with Crippen molar-refractivity contribution >= 4 is 22.9 Å². The highest BCUT2D eigenvalue weighted by molar-refractivity contribution is 14.1. The van der Waals surface area contributed by atoms with Gasteiger partial charge in [-0.05, 0) is 13.8 Å². The maximum Gasteiger partial charge on any atom is 0.0594 e. The van der Waals surface area contributed by atoms with Crippen LogP contribution in [0.4, 0.5) is 0 Å². The third kappa shape index (κ3) is 2.83. The standard InChI is InChI=1S/C8H17IN2O/c1-8(2,7-10-9)11-3-5-12-6-4-11/h10H,3-7H2,1-2H3. The number of nitrogens with zero attached hydrogens (tertiary/aromatic N) is 1. The smallest absolute Gasteiger partial charge is 0.0594 e.